The Kier molecular flexibility index (Phi) is 8.23. The van der Waals surface area contributed by atoms with Crippen molar-refractivity contribution in [1.82, 2.24) is 5.32 Å². The van der Waals surface area contributed by atoms with Gasteiger partial charge in [0.1, 0.15) is 17.2 Å². The zero-order chi connectivity index (χ0) is 18.3. The third kappa shape index (κ3) is 11.6. The number of hydrogen-bond donors (Lipinski definition) is 2. The van der Waals surface area contributed by atoms with Crippen LogP contribution in [0.15, 0.2) is 0 Å². The van der Waals surface area contributed by atoms with Gasteiger partial charge in [-0.15, -0.1) is 0 Å². The van der Waals surface area contributed by atoms with E-state index in [1.807, 2.05) is 0 Å². The third-order valence-electron chi connectivity index (χ3n) is 2.46. The maximum Gasteiger partial charge on any atom is 0.329 e. The summed E-state index contributed by atoms with van der Waals surface area (Å²) in [5.74, 6) is -1.36. The number of nitrogens with one attached hydrogen (secondary N) is 1. The minimum atomic E-state index is -0.902. The molecule has 3 N–H and O–H groups in total. The summed E-state index contributed by atoms with van der Waals surface area (Å²) in [7, 11) is 0. The zero-order valence-corrected chi connectivity index (χ0v) is 15.0. The summed E-state index contributed by atoms with van der Waals surface area (Å²) >= 11 is 0. The van der Waals surface area contributed by atoms with Crippen molar-refractivity contribution < 1.29 is 23.9 Å². The van der Waals surface area contributed by atoms with Crippen molar-refractivity contribution in [3.63, 3.8) is 0 Å². The molecule has 0 bridgehead atoms. The van der Waals surface area contributed by atoms with Crippen molar-refractivity contribution >= 4 is 17.8 Å². The van der Waals surface area contributed by atoms with Crippen LogP contribution in [0, 0.1) is 0 Å². The van der Waals surface area contributed by atoms with Crippen LogP contribution in [0.4, 0.5) is 0 Å². The molecular weight excluding hydrogens is 300 g/mol. The molecule has 23 heavy (non-hydrogen) atoms. The van der Waals surface area contributed by atoms with Gasteiger partial charge in [0.15, 0.2) is 0 Å². The molecule has 0 saturated heterocycles. The highest BCUT2D eigenvalue weighted by Gasteiger charge is 2.28. The van der Waals surface area contributed by atoms with E-state index < -0.39 is 29.2 Å². The number of hydrogen-bond acceptors (Lipinski definition) is 6. The second kappa shape index (κ2) is 8.86. The van der Waals surface area contributed by atoms with Gasteiger partial charge in [-0.1, -0.05) is 0 Å². The first kappa shape index (κ1) is 21.4. The molecule has 0 aliphatic rings. The molecule has 134 valence electrons. The molecule has 0 aromatic heterocycles. The van der Waals surface area contributed by atoms with E-state index in [0.717, 1.165) is 0 Å². The highest BCUT2D eigenvalue weighted by Crippen LogP contribution is 2.13. The Labute approximate surface area is 138 Å². The van der Waals surface area contributed by atoms with E-state index in [-0.39, 0.29) is 31.7 Å². The van der Waals surface area contributed by atoms with Crippen molar-refractivity contribution in [2.45, 2.75) is 78.0 Å². The molecule has 0 spiro atoms. The lowest BCUT2D eigenvalue weighted by molar-refractivity contribution is -0.160. The second-order valence-electron chi connectivity index (χ2n) is 7.32. The first-order valence-electron chi connectivity index (χ1n) is 7.78. The molecule has 0 aromatic rings. The van der Waals surface area contributed by atoms with Crippen molar-refractivity contribution in [3.05, 3.63) is 0 Å². The van der Waals surface area contributed by atoms with Gasteiger partial charge in [0, 0.05) is 19.4 Å². The topological polar surface area (TPSA) is 108 Å². The lowest BCUT2D eigenvalue weighted by atomic mass is 10.1. The first-order valence-corrected chi connectivity index (χ1v) is 7.78. The van der Waals surface area contributed by atoms with Gasteiger partial charge in [-0.05, 0) is 48.0 Å². The van der Waals surface area contributed by atoms with Gasteiger partial charge in [-0.25, -0.2) is 4.79 Å². The molecule has 0 radical (unpaired) electrons. The predicted molar refractivity (Wildman–Crippen MR) is 86.5 cm³/mol. The van der Waals surface area contributed by atoms with Gasteiger partial charge < -0.3 is 20.5 Å². The summed E-state index contributed by atoms with van der Waals surface area (Å²) in [6.45, 7) is 10.7. The molecule has 0 rings (SSSR count). The van der Waals surface area contributed by atoms with Crippen LogP contribution in [0.1, 0.15) is 60.8 Å². The zero-order valence-electron chi connectivity index (χ0n) is 15.0. The standard InChI is InChI=1S/C16H30N2O5/c1-15(2,3)22-13(20)8-7-11(18-12(19)9-10-17)14(21)23-16(4,5)6/h11H,7-10,17H2,1-6H3,(H,18,19)/t11-/m0/s1. The van der Waals surface area contributed by atoms with Gasteiger partial charge >= 0.3 is 11.9 Å². The number of nitrogens with two attached hydrogens (primary N) is 1. The third-order valence-corrected chi connectivity index (χ3v) is 2.46. The molecule has 0 heterocycles. The summed E-state index contributed by atoms with van der Waals surface area (Å²) in [6, 6.07) is -0.902. The van der Waals surface area contributed by atoms with Crippen LogP contribution in [0.25, 0.3) is 0 Å². The number of carbonyl (C=O) groups is 3. The number of rotatable bonds is 7. The van der Waals surface area contributed by atoms with Crippen molar-refractivity contribution in [2.75, 3.05) is 6.54 Å². The molecule has 1 amide bonds. The van der Waals surface area contributed by atoms with E-state index in [9.17, 15) is 14.4 Å². The van der Waals surface area contributed by atoms with Crippen molar-refractivity contribution in [1.29, 1.82) is 0 Å². The molecule has 0 fully saturated rings. The fourth-order valence-electron chi connectivity index (χ4n) is 1.67. The number of esters is 2. The van der Waals surface area contributed by atoms with Crippen LogP contribution in [0.5, 0.6) is 0 Å². The second-order valence-corrected chi connectivity index (χ2v) is 7.32. The molecule has 0 aromatic carbocycles. The quantitative estimate of drug-likeness (QED) is 0.681. The van der Waals surface area contributed by atoms with Gasteiger partial charge in [0.25, 0.3) is 0 Å². The van der Waals surface area contributed by atoms with Crippen molar-refractivity contribution in [3.8, 4) is 0 Å². The predicted octanol–water partition coefficient (Wildman–Crippen LogP) is 1.28. The number of carbonyl (C=O) groups excluding carboxylic acids is 3. The van der Waals surface area contributed by atoms with Gasteiger partial charge in [-0.2, -0.15) is 0 Å². The highest BCUT2D eigenvalue weighted by molar-refractivity contribution is 5.85. The largest absolute Gasteiger partial charge is 0.460 e. The molecule has 0 aliphatic heterocycles. The summed E-state index contributed by atoms with van der Waals surface area (Å²) in [4.78, 5) is 35.6. The highest BCUT2D eigenvalue weighted by atomic mass is 16.6. The first-order chi connectivity index (χ1) is 10.3. The monoisotopic (exact) mass is 330 g/mol. The van der Waals surface area contributed by atoms with Crippen LogP contribution >= 0.6 is 0 Å². The van der Waals surface area contributed by atoms with Gasteiger partial charge in [-0.3, -0.25) is 9.59 Å². The summed E-state index contributed by atoms with van der Waals surface area (Å²) in [5.41, 5.74) is 4.05. The Morgan fingerprint density at radius 1 is 0.957 bits per heavy atom. The molecule has 0 saturated carbocycles. The minimum absolute atomic E-state index is 0.00405. The average Bonchev–Trinajstić information content (AvgIpc) is 2.30. The van der Waals surface area contributed by atoms with Crippen LogP contribution in [-0.2, 0) is 23.9 Å². The van der Waals surface area contributed by atoms with Gasteiger partial charge in [0.05, 0.1) is 0 Å². The maximum absolute atomic E-state index is 12.2. The van der Waals surface area contributed by atoms with Crippen LogP contribution in [0.2, 0.25) is 0 Å². The van der Waals surface area contributed by atoms with E-state index in [4.69, 9.17) is 15.2 Å². The summed E-state index contributed by atoms with van der Waals surface area (Å²) in [6.07, 6.45) is 0.218. The van der Waals surface area contributed by atoms with E-state index in [0.29, 0.717) is 0 Å². The van der Waals surface area contributed by atoms with Crippen LogP contribution in [-0.4, -0.2) is 41.6 Å². The molecule has 7 heteroatoms. The molecule has 0 unspecified atom stereocenters. The Hall–Kier alpha value is -1.63. The number of ether oxygens (including phenoxy) is 2. The van der Waals surface area contributed by atoms with E-state index in [2.05, 4.69) is 5.32 Å². The van der Waals surface area contributed by atoms with E-state index in [1.54, 1.807) is 41.5 Å². The minimum Gasteiger partial charge on any atom is -0.460 e. The Balaban J connectivity index is 4.75. The maximum atomic E-state index is 12.2. The normalized spacial score (nSPS) is 13.2. The SMILES string of the molecule is CC(C)(C)OC(=O)CC[C@H](NC(=O)CCN)C(=O)OC(C)(C)C. The van der Waals surface area contributed by atoms with E-state index in [1.165, 1.54) is 0 Å². The smallest absolute Gasteiger partial charge is 0.329 e. The van der Waals surface area contributed by atoms with Gasteiger partial charge in [0.2, 0.25) is 5.91 Å². The average molecular weight is 330 g/mol. The van der Waals surface area contributed by atoms with E-state index >= 15 is 0 Å². The lowest BCUT2D eigenvalue weighted by Crippen LogP contribution is -2.45. The summed E-state index contributed by atoms with van der Waals surface area (Å²) < 4.78 is 10.5. The molecule has 1 atom stereocenters. The Morgan fingerprint density at radius 3 is 1.91 bits per heavy atom. The van der Waals surface area contributed by atoms with Crippen molar-refractivity contribution in [2.24, 2.45) is 5.73 Å². The molecular formula is C16H30N2O5. The Bertz CT molecular complexity index is 421. The number of amides is 1. The van der Waals surface area contributed by atoms with Crippen LogP contribution in [0.3, 0.4) is 0 Å². The van der Waals surface area contributed by atoms with Crippen LogP contribution < -0.4 is 11.1 Å². The fourth-order valence-corrected chi connectivity index (χ4v) is 1.67. The molecule has 0 aliphatic carbocycles. The lowest BCUT2D eigenvalue weighted by Gasteiger charge is -2.25. The fraction of sp³-hybridized carbons (Fsp3) is 0.812. The Morgan fingerprint density at radius 2 is 1.48 bits per heavy atom. The molecule has 7 nitrogen and oxygen atoms in total. The summed E-state index contributed by atoms with van der Waals surface area (Å²) in [5, 5.41) is 2.56.